The fourth-order valence-electron chi connectivity index (χ4n) is 2.66. The van der Waals surface area contributed by atoms with Gasteiger partial charge in [0, 0.05) is 25.1 Å². The van der Waals surface area contributed by atoms with E-state index in [2.05, 4.69) is 10.6 Å². The van der Waals surface area contributed by atoms with E-state index in [0.29, 0.717) is 22.8 Å². The van der Waals surface area contributed by atoms with Crippen molar-refractivity contribution < 1.29 is 9.59 Å². The SMILES string of the molecule is CC(=O)Nc1ccc(Cl)c(NC(=O)C[C@@H]2CCC[C@H]2N)c1. The van der Waals surface area contributed by atoms with Crippen LogP contribution in [0.2, 0.25) is 5.02 Å². The molecule has 1 aromatic rings. The predicted octanol–water partition coefficient (Wildman–Crippen LogP) is 2.75. The minimum Gasteiger partial charge on any atom is -0.327 e. The Hall–Kier alpha value is -1.59. The molecule has 0 aromatic heterocycles. The highest BCUT2D eigenvalue weighted by Gasteiger charge is 2.26. The third kappa shape index (κ3) is 4.44. The van der Waals surface area contributed by atoms with Crippen molar-refractivity contribution in [3.05, 3.63) is 23.2 Å². The molecule has 0 aliphatic heterocycles. The summed E-state index contributed by atoms with van der Waals surface area (Å²) in [5.74, 6) is -0.0342. The molecule has 0 spiro atoms. The molecule has 21 heavy (non-hydrogen) atoms. The van der Waals surface area contributed by atoms with Crippen molar-refractivity contribution in [1.82, 2.24) is 0 Å². The highest BCUT2D eigenvalue weighted by molar-refractivity contribution is 6.33. The summed E-state index contributed by atoms with van der Waals surface area (Å²) in [6, 6.07) is 5.09. The van der Waals surface area contributed by atoms with Gasteiger partial charge in [0.1, 0.15) is 0 Å². The molecule has 1 aromatic carbocycles. The summed E-state index contributed by atoms with van der Waals surface area (Å²) in [6.07, 6.45) is 3.46. The minimum absolute atomic E-state index is 0.0979. The Morgan fingerprint density at radius 2 is 2.10 bits per heavy atom. The van der Waals surface area contributed by atoms with E-state index in [9.17, 15) is 9.59 Å². The molecule has 5 nitrogen and oxygen atoms in total. The van der Waals surface area contributed by atoms with E-state index in [4.69, 9.17) is 17.3 Å². The molecule has 0 saturated heterocycles. The van der Waals surface area contributed by atoms with E-state index in [-0.39, 0.29) is 23.8 Å². The summed E-state index contributed by atoms with van der Waals surface area (Å²) in [6.45, 7) is 1.42. The van der Waals surface area contributed by atoms with E-state index < -0.39 is 0 Å². The van der Waals surface area contributed by atoms with Crippen molar-refractivity contribution >= 4 is 34.8 Å². The second-order valence-corrected chi connectivity index (χ2v) is 5.89. The lowest BCUT2D eigenvalue weighted by Gasteiger charge is -2.15. The number of nitrogens with one attached hydrogen (secondary N) is 2. The second kappa shape index (κ2) is 6.91. The van der Waals surface area contributed by atoms with E-state index in [1.807, 2.05) is 0 Å². The van der Waals surface area contributed by atoms with Gasteiger partial charge >= 0.3 is 0 Å². The third-order valence-electron chi connectivity index (χ3n) is 3.73. The standard InChI is InChI=1S/C15H20ClN3O2/c1-9(20)18-11-5-6-12(16)14(8-11)19-15(21)7-10-3-2-4-13(10)17/h5-6,8,10,13H,2-4,7,17H2,1H3,(H,18,20)(H,19,21)/t10-,13+/m0/s1. The third-order valence-corrected chi connectivity index (χ3v) is 4.06. The molecular weight excluding hydrogens is 290 g/mol. The fraction of sp³-hybridized carbons (Fsp3) is 0.467. The Balaban J connectivity index is 2.00. The van der Waals surface area contributed by atoms with Gasteiger partial charge in [0.25, 0.3) is 0 Å². The van der Waals surface area contributed by atoms with Gasteiger partial charge in [0.2, 0.25) is 11.8 Å². The Kier molecular flexibility index (Phi) is 5.20. The smallest absolute Gasteiger partial charge is 0.224 e. The molecule has 4 N–H and O–H groups in total. The number of carbonyl (C=O) groups excluding carboxylic acids is 2. The molecule has 1 saturated carbocycles. The van der Waals surface area contributed by atoms with Gasteiger partial charge in [0.15, 0.2) is 0 Å². The van der Waals surface area contributed by atoms with Crippen LogP contribution in [0.4, 0.5) is 11.4 Å². The topological polar surface area (TPSA) is 84.2 Å². The number of amides is 2. The molecule has 1 aliphatic rings. The van der Waals surface area contributed by atoms with E-state index in [1.54, 1.807) is 18.2 Å². The van der Waals surface area contributed by atoms with Crippen LogP contribution in [0.25, 0.3) is 0 Å². The first-order valence-corrected chi connectivity index (χ1v) is 7.46. The lowest BCUT2D eigenvalue weighted by Crippen LogP contribution is -2.28. The van der Waals surface area contributed by atoms with Crippen molar-refractivity contribution in [3.63, 3.8) is 0 Å². The van der Waals surface area contributed by atoms with Gasteiger partial charge in [-0.2, -0.15) is 0 Å². The first-order valence-electron chi connectivity index (χ1n) is 7.08. The number of rotatable bonds is 4. The van der Waals surface area contributed by atoms with Crippen molar-refractivity contribution in [3.8, 4) is 0 Å². The lowest BCUT2D eigenvalue weighted by molar-refractivity contribution is -0.117. The maximum atomic E-state index is 12.1. The van der Waals surface area contributed by atoms with Crippen LogP contribution >= 0.6 is 11.6 Å². The molecule has 6 heteroatoms. The van der Waals surface area contributed by atoms with Crippen LogP contribution in [-0.2, 0) is 9.59 Å². The minimum atomic E-state index is -0.175. The lowest BCUT2D eigenvalue weighted by atomic mass is 10.00. The molecule has 0 heterocycles. The Morgan fingerprint density at radius 1 is 1.33 bits per heavy atom. The average Bonchev–Trinajstić information content (AvgIpc) is 2.78. The van der Waals surface area contributed by atoms with Crippen LogP contribution in [0.3, 0.4) is 0 Å². The zero-order valence-electron chi connectivity index (χ0n) is 12.0. The number of hydrogen-bond donors (Lipinski definition) is 3. The number of anilines is 2. The molecule has 0 radical (unpaired) electrons. The number of halogens is 1. The average molecular weight is 310 g/mol. The Labute approximate surface area is 129 Å². The molecule has 1 aliphatic carbocycles. The summed E-state index contributed by atoms with van der Waals surface area (Å²) in [7, 11) is 0. The van der Waals surface area contributed by atoms with Crippen LogP contribution in [0.5, 0.6) is 0 Å². The van der Waals surface area contributed by atoms with Crippen molar-refractivity contribution in [2.75, 3.05) is 10.6 Å². The number of benzene rings is 1. The van der Waals surface area contributed by atoms with Gasteiger partial charge in [-0.3, -0.25) is 9.59 Å². The van der Waals surface area contributed by atoms with E-state index >= 15 is 0 Å². The number of carbonyl (C=O) groups is 2. The summed E-state index contributed by atoms with van der Waals surface area (Å²) in [5.41, 5.74) is 7.07. The summed E-state index contributed by atoms with van der Waals surface area (Å²) in [5, 5.41) is 5.89. The first-order chi connectivity index (χ1) is 9.95. The highest BCUT2D eigenvalue weighted by Crippen LogP contribution is 2.29. The van der Waals surface area contributed by atoms with Crippen LogP contribution < -0.4 is 16.4 Å². The predicted molar refractivity (Wildman–Crippen MR) is 84.3 cm³/mol. The van der Waals surface area contributed by atoms with Crippen LogP contribution in [0.15, 0.2) is 18.2 Å². The Morgan fingerprint density at radius 3 is 2.71 bits per heavy atom. The Bertz CT molecular complexity index is 548. The van der Waals surface area contributed by atoms with Gasteiger partial charge in [-0.05, 0) is 37.0 Å². The van der Waals surface area contributed by atoms with Crippen molar-refractivity contribution in [2.45, 2.75) is 38.6 Å². The second-order valence-electron chi connectivity index (χ2n) is 5.48. The van der Waals surface area contributed by atoms with Crippen molar-refractivity contribution in [1.29, 1.82) is 0 Å². The van der Waals surface area contributed by atoms with Crippen molar-refractivity contribution in [2.24, 2.45) is 11.7 Å². The molecule has 2 atom stereocenters. The first kappa shape index (κ1) is 15.8. The quantitative estimate of drug-likeness (QED) is 0.799. The molecular formula is C15H20ClN3O2. The molecule has 114 valence electrons. The fourth-order valence-corrected chi connectivity index (χ4v) is 2.83. The van der Waals surface area contributed by atoms with E-state index in [0.717, 1.165) is 19.3 Å². The largest absolute Gasteiger partial charge is 0.327 e. The molecule has 2 rings (SSSR count). The van der Waals surface area contributed by atoms with E-state index in [1.165, 1.54) is 6.92 Å². The number of hydrogen-bond acceptors (Lipinski definition) is 3. The van der Waals surface area contributed by atoms with Crippen LogP contribution in [0.1, 0.15) is 32.6 Å². The summed E-state index contributed by atoms with van der Waals surface area (Å²) in [4.78, 5) is 23.1. The zero-order chi connectivity index (χ0) is 15.4. The van der Waals surface area contributed by atoms with Gasteiger partial charge in [-0.15, -0.1) is 0 Å². The summed E-state index contributed by atoms with van der Waals surface area (Å²) < 4.78 is 0. The zero-order valence-corrected chi connectivity index (χ0v) is 12.7. The van der Waals surface area contributed by atoms with Gasteiger partial charge < -0.3 is 16.4 Å². The molecule has 1 fully saturated rings. The molecule has 0 bridgehead atoms. The van der Waals surface area contributed by atoms with Crippen LogP contribution in [0, 0.1) is 5.92 Å². The van der Waals surface area contributed by atoms with Gasteiger partial charge in [-0.25, -0.2) is 0 Å². The molecule has 0 unspecified atom stereocenters. The summed E-state index contributed by atoms with van der Waals surface area (Å²) >= 11 is 6.07. The van der Waals surface area contributed by atoms with Gasteiger partial charge in [0.05, 0.1) is 10.7 Å². The molecule has 2 amide bonds. The normalized spacial score (nSPS) is 21.1. The maximum Gasteiger partial charge on any atom is 0.224 e. The van der Waals surface area contributed by atoms with Gasteiger partial charge in [-0.1, -0.05) is 18.0 Å². The number of nitrogens with two attached hydrogens (primary N) is 1. The van der Waals surface area contributed by atoms with Crippen LogP contribution in [-0.4, -0.2) is 17.9 Å². The monoisotopic (exact) mass is 309 g/mol. The maximum absolute atomic E-state index is 12.1. The highest BCUT2D eigenvalue weighted by atomic mass is 35.5.